The number of piperazine rings is 1. The van der Waals surface area contributed by atoms with Crippen molar-refractivity contribution < 1.29 is 0 Å². The van der Waals surface area contributed by atoms with E-state index in [1.807, 2.05) is 6.08 Å². The van der Waals surface area contributed by atoms with Gasteiger partial charge in [0.1, 0.15) is 0 Å². The molecule has 17 heavy (non-hydrogen) atoms. The summed E-state index contributed by atoms with van der Waals surface area (Å²) in [6.45, 7) is 12.1. The number of hydrogen-bond acceptors (Lipinski definition) is 3. The van der Waals surface area contributed by atoms with E-state index in [2.05, 4.69) is 41.4 Å². The van der Waals surface area contributed by atoms with Crippen molar-refractivity contribution in [3.05, 3.63) is 24.5 Å². The number of anilines is 1. The molecule has 1 aromatic rings. The summed E-state index contributed by atoms with van der Waals surface area (Å²) >= 11 is 0. The number of aryl methyl sites for hydroxylation is 1. The summed E-state index contributed by atoms with van der Waals surface area (Å²) in [5.74, 6) is 1.09. The minimum Gasteiger partial charge on any atom is -0.339 e. The number of nitrogens with one attached hydrogen (secondary N) is 1. The second-order valence-corrected chi connectivity index (χ2v) is 4.63. The van der Waals surface area contributed by atoms with E-state index in [4.69, 9.17) is 4.98 Å². The molecule has 0 bridgehead atoms. The monoisotopic (exact) mass is 234 g/mol. The third-order valence-corrected chi connectivity index (χ3v) is 3.15. The Hall–Kier alpha value is -1.29. The molecule has 0 radical (unpaired) electrons. The molecule has 94 valence electrons. The van der Waals surface area contributed by atoms with Crippen molar-refractivity contribution in [2.24, 2.45) is 0 Å². The highest BCUT2D eigenvalue weighted by Crippen LogP contribution is 2.17. The predicted octanol–water partition coefficient (Wildman–Crippen LogP) is 1.43. The topological polar surface area (TPSA) is 33.1 Å². The molecule has 4 nitrogen and oxygen atoms in total. The van der Waals surface area contributed by atoms with Crippen molar-refractivity contribution in [2.75, 3.05) is 24.5 Å². The molecule has 1 atom stereocenters. The summed E-state index contributed by atoms with van der Waals surface area (Å²) in [7, 11) is 0. The fourth-order valence-electron chi connectivity index (χ4n) is 2.27. The summed E-state index contributed by atoms with van der Waals surface area (Å²) in [5, 5.41) is 3.46. The minimum absolute atomic E-state index is 0.530. The van der Waals surface area contributed by atoms with E-state index in [1.165, 1.54) is 0 Å². The van der Waals surface area contributed by atoms with E-state index in [0.717, 1.165) is 44.2 Å². The summed E-state index contributed by atoms with van der Waals surface area (Å²) in [6.07, 6.45) is 5.05. The molecule has 1 N–H and O–H groups in total. The normalized spacial score (nSPS) is 20.6. The zero-order valence-corrected chi connectivity index (χ0v) is 10.8. The van der Waals surface area contributed by atoms with Crippen molar-refractivity contribution in [3.8, 4) is 0 Å². The largest absolute Gasteiger partial charge is 0.339 e. The van der Waals surface area contributed by atoms with Crippen LogP contribution in [0.5, 0.6) is 0 Å². The van der Waals surface area contributed by atoms with Gasteiger partial charge in [0.2, 0.25) is 5.95 Å². The summed E-state index contributed by atoms with van der Waals surface area (Å²) in [6, 6.07) is 0.530. The summed E-state index contributed by atoms with van der Waals surface area (Å²) in [5.41, 5.74) is 1.16. The van der Waals surface area contributed by atoms with Gasteiger partial charge < -0.3 is 14.8 Å². The van der Waals surface area contributed by atoms with Crippen LogP contribution in [0.25, 0.3) is 0 Å². The molecule has 0 aliphatic carbocycles. The third kappa shape index (κ3) is 2.69. The van der Waals surface area contributed by atoms with E-state index in [0.29, 0.717) is 6.04 Å². The first-order valence-corrected chi connectivity index (χ1v) is 6.39. The van der Waals surface area contributed by atoms with Crippen molar-refractivity contribution in [1.82, 2.24) is 14.9 Å². The van der Waals surface area contributed by atoms with E-state index >= 15 is 0 Å². The number of rotatable bonds is 4. The lowest BCUT2D eigenvalue weighted by molar-refractivity contribution is 0.475. The van der Waals surface area contributed by atoms with Crippen LogP contribution in [0.15, 0.2) is 18.9 Å². The van der Waals surface area contributed by atoms with Gasteiger partial charge >= 0.3 is 0 Å². The van der Waals surface area contributed by atoms with Crippen molar-refractivity contribution >= 4 is 5.95 Å². The van der Waals surface area contributed by atoms with Crippen LogP contribution in [-0.2, 0) is 13.0 Å². The Balaban J connectivity index is 2.22. The second kappa shape index (κ2) is 5.36. The smallest absolute Gasteiger partial charge is 0.206 e. The molecule has 2 rings (SSSR count). The number of allylic oxidation sites excluding steroid dienone is 1. The van der Waals surface area contributed by atoms with E-state index < -0.39 is 0 Å². The van der Waals surface area contributed by atoms with Gasteiger partial charge in [0.05, 0.1) is 5.69 Å². The average Bonchev–Trinajstić information content (AvgIpc) is 2.73. The fourth-order valence-corrected chi connectivity index (χ4v) is 2.27. The number of hydrogen-bond donors (Lipinski definition) is 1. The van der Waals surface area contributed by atoms with Crippen molar-refractivity contribution in [2.45, 2.75) is 32.9 Å². The van der Waals surface area contributed by atoms with Crippen LogP contribution in [0.4, 0.5) is 5.95 Å². The van der Waals surface area contributed by atoms with Gasteiger partial charge in [-0.1, -0.05) is 13.0 Å². The van der Waals surface area contributed by atoms with Crippen molar-refractivity contribution in [3.63, 3.8) is 0 Å². The summed E-state index contributed by atoms with van der Waals surface area (Å²) in [4.78, 5) is 7.08. The predicted molar refractivity (Wildman–Crippen MR) is 71.5 cm³/mol. The lowest BCUT2D eigenvalue weighted by Gasteiger charge is -2.32. The van der Waals surface area contributed by atoms with Gasteiger partial charge in [-0.05, 0) is 13.3 Å². The molecule has 0 amide bonds. The number of aromatic nitrogens is 2. The molecule has 0 unspecified atom stereocenters. The Morgan fingerprint density at radius 2 is 2.47 bits per heavy atom. The first kappa shape index (κ1) is 12.2. The highest BCUT2D eigenvalue weighted by Gasteiger charge is 2.20. The Kier molecular flexibility index (Phi) is 3.84. The van der Waals surface area contributed by atoms with Gasteiger partial charge in [-0.3, -0.25) is 0 Å². The van der Waals surface area contributed by atoms with Gasteiger partial charge in [0.15, 0.2) is 0 Å². The molecule has 4 heteroatoms. The first-order chi connectivity index (χ1) is 8.24. The van der Waals surface area contributed by atoms with Crippen LogP contribution in [0, 0.1) is 0 Å². The molecule has 1 aliphatic heterocycles. The van der Waals surface area contributed by atoms with Crippen LogP contribution in [-0.4, -0.2) is 35.2 Å². The molecular formula is C13H22N4. The molecule has 0 saturated carbocycles. The van der Waals surface area contributed by atoms with Gasteiger partial charge in [-0.25, -0.2) is 4.98 Å². The maximum absolute atomic E-state index is 4.72. The van der Waals surface area contributed by atoms with E-state index in [-0.39, 0.29) is 0 Å². The van der Waals surface area contributed by atoms with Crippen molar-refractivity contribution in [1.29, 1.82) is 0 Å². The quantitative estimate of drug-likeness (QED) is 0.800. The average molecular weight is 234 g/mol. The molecular weight excluding hydrogens is 212 g/mol. The number of imidazole rings is 1. The third-order valence-electron chi connectivity index (χ3n) is 3.15. The maximum Gasteiger partial charge on any atom is 0.206 e. The zero-order chi connectivity index (χ0) is 12.3. The number of nitrogens with zero attached hydrogens (tertiary/aromatic N) is 3. The Morgan fingerprint density at radius 1 is 1.65 bits per heavy atom. The van der Waals surface area contributed by atoms with Gasteiger partial charge in [-0.15, -0.1) is 6.58 Å². The minimum atomic E-state index is 0.530. The lowest BCUT2D eigenvalue weighted by Crippen LogP contribution is -2.50. The van der Waals surface area contributed by atoms with E-state index in [9.17, 15) is 0 Å². The van der Waals surface area contributed by atoms with Crippen LogP contribution < -0.4 is 10.2 Å². The molecule has 1 fully saturated rings. The summed E-state index contributed by atoms with van der Waals surface area (Å²) < 4.78 is 2.20. The van der Waals surface area contributed by atoms with Crippen LogP contribution in [0.2, 0.25) is 0 Å². The molecule has 1 aliphatic rings. The van der Waals surface area contributed by atoms with Gasteiger partial charge in [0, 0.05) is 38.4 Å². The molecule has 0 aromatic carbocycles. The highest BCUT2D eigenvalue weighted by atomic mass is 15.3. The molecule has 0 spiro atoms. The molecule has 1 saturated heterocycles. The maximum atomic E-state index is 4.72. The van der Waals surface area contributed by atoms with Crippen LogP contribution in [0.3, 0.4) is 0 Å². The standard InChI is InChI=1S/C13H22N4/c1-4-7-16-10-12(5-2)15-13(16)17-8-6-14-11(3)9-17/h4,10-11,14H,1,5-9H2,2-3H3/t11-/m0/s1. The Bertz CT molecular complexity index is 383. The lowest BCUT2D eigenvalue weighted by atomic mass is 10.2. The Morgan fingerprint density at radius 3 is 3.12 bits per heavy atom. The zero-order valence-electron chi connectivity index (χ0n) is 10.8. The van der Waals surface area contributed by atoms with Gasteiger partial charge in [-0.2, -0.15) is 0 Å². The van der Waals surface area contributed by atoms with Gasteiger partial charge in [0.25, 0.3) is 0 Å². The van der Waals surface area contributed by atoms with Crippen LogP contribution in [0.1, 0.15) is 19.5 Å². The SMILES string of the molecule is C=CCn1cc(CC)nc1N1CCN[C@@H](C)C1. The van der Waals surface area contributed by atoms with E-state index in [1.54, 1.807) is 0 Å². The fraction of sp³-hybridized carbons (Fsp3) is 0.615. The molecule has 2 heterocycles. The Labute approximate surface area is 103 Å². The second-order valence-electron chi connectivity index (χ2n) is 4.63. The first-order valence-electron chi connectivity index (χ1n) is 6.39. The molecule has 1 aromatic heterocycles. The highest BCUT2D eigenvalue weighted by molar-refractivity contribution is 5.35. The van der Waals surface area contributed by atoms with Crippen LogP contribution >= 0.6 is 0 Å².